The quantitative estimate of drug-likeness (QED) is 0.284. The number of ether oxygens (including phenoxy) is 2. The molecular weight excluding hydrogens is 535 g/mol. The Morgan fingerprint density at radius 2 is 1.76 bits per heavy atom. The first-order chi connectivity index (χ1) is 18.2. The number of benzene rings is 3. The molecule has 38 heavy (non-hydrogen) atoms. The van der Waals surface area contributed by atoms with Crippen molar-refractivity contribution in [3.63, 3.8) is 0 Å². The molecule has 0 bridgehead atoms. The van der Waals surface area contributed by atoms with Crippen molar-refractivity contribution >= 4 is 58.8 Å². The number of imide groups is 2. The molecule has 1 aliphatic heterocycles. The fourth-order valence-corrected chi connectivity index (χ4v) is 4.15. The van der Waals surface area contributed by atoms with E-state index in [1.165, 1.54) is 36.4 Å². The monoisotopic (exact) mass is 554 g/mol. The predicted octanol–water partition coefficient (Wildman–Crippen LogP) is 5.34. The third-order valence-electron chi connectivity index (χ3n) is 5.39. The summed E-state index contributed by atoms with van der Waals surface area (Å²) in [5.41, 5.74) is 0.892. The van der Waals surface area contributed by atoms with Crippen LogP contribution in [0.5, 0.6) is 11.5 Å². The molecule has 0 aromatic heterocycles. The molecule has 4 rings (SSSR count). The van der Waals surface area contributed by atoms with Crippen LogP contribution in [0.4, 0.5) is 10.5 Å². The van der Waals surface area contributed by atoms with Crippen LogP contribution < -0.4 is 19.7 Å². The molecule has 1 saturated heterocycles. The van der Waals surface area contributed by atoms with Crippen LogP contribution in [-0.4, -0.2) is 35.5 Å². The van der Waals surface area contributed by atoms with Gasteiger partial charge < -0.3 is 14.6 Å². The first-order valence-electron chi connectivity index (χ1n) is 11.3. The van der Waals surface area contributed by atoms with Crippen LogP contribution in [0.15, 0.2) is 66.2 Å². The van der Waals surface area contributed by atoms with Crippen molar-refractivity contribution in [1.29, 1.82) is 0 Å². The van der Waals surface area contributed by atoms with E-state index in [9.17, 15) is 19.2 Å². The number of anilines is 1. The highest BCUT2D eigenvalue weighted by molar-refractivity contribution is 6.39. The van der Waals surface area contributed by atoms with Gasteiger partial charge in [0.25, 0.3) is 11.8 Å². The molecule has 0 spiro atoms. The molecule has 1 aliphatic rings. The van der Waals surface area contributed by atoms with Gasteiger partial charge in [0, 0.05) is 5.02 Å². The molecule has 3 aromatic carbocycles. The van der Waals surface area contributed by atoms with Crippen LogP contribution in [0, 0.1) is 0 Å². The molecule has 1 fully saturated rings. The molecular formula is C27H20Cl2N2O7. The van der Waals surface area contributed by atoms with Crippen LogP contribution in [0.3, 0.4) is 0 Å². The minimum Gasteiger partial charge on any atom is -0.490 e. The zero-order valence-corrected chi connectivity index (χ0v) is 21.4. The molecule has 4 amide bonds. The van der Waals surface area contributed by atoms with Crippen molar-refractivity contribution in [1.82, 2.24) is 5.32 Å². The van der Waals surface area contributed by atoms with E-state index in [1.54, 1.807) is 31.2 Å². The molecule has 0 unspecified atom stereocenters. The highest BCUT2D eigenvalue weighted by Gasteiger charge is 2.37. The maximum absolute atomic E-state index is 13.2. The van der Waals surface area contributed by atoms with E-state index >= 15 is 0 Å². The second kappa shape index (κ2) is 11.4. The first-order valence-corrected chi connectivity index (χ1v) is 12.0. The number of halogens is 2. The van der Waals surface area contributed by atoms with Gasteiger partial charge in [-0.1, -0.05) is 35.3 Å². The third-order valence-corrected chi connectivity index (χ3v) is 5.90. The molecule has 1 heterocycles. The average molecular weight is 555 g/mol. The van der Waals surface area contributed by atoms with Gasteiger partial charge in [-0.25, -0.2) is 14.5 Å². The number of nitrogens with zero attached hydrogens (tertiary/aromatic N) is 1. The summed E-state index contributed by atoms with van der Waals surface area (Å²) in [6.07, 6.45) is 1.28. The van der Waals surface area contributed by atoms with E-state index in [0.717, 1.165) is 10.5 Å². The van der Waals surface area contributed by atoms with Gasteiger partial charge in [0.2, 0.25) is 0 Å². The Hall–Kier alpha value is -4.34. The fourth-order valence-electron chi connectivity index (χ4n) is 3.67. The normalized spacial score (nSPS) is 14.4. The van der Waals surface area contributed by atoms with Gasteiger partial charge in [0.05, 0.1) is 22.9 Å². The van der Waals surface area contributed by atoms with Crippen LogP contribution >= 0.6 is 23.2 Å². The Bertz CT molecular complexity index is 1470. The zero-order chi connectivity index (χ0) is 27.4. The van der Waals surface area contributed by atoms with Crippen LogP contribution in [0.2, 0.25) is 10.0 Å². The van der Waals surface area contributed by atoms with Crippen molar-refractivity contribution in [2.24, 2.45) is 0 Å². The summed E-state index contributed by atoms with van der Waals surface area (Å²) in [6, 6.07) is 14.3. The van der Waals surface area contributed by atoms with E-state index in [2.05, 4.69) is 5.32 Å². The lowest BCUT2D eigenvalue weighted by Gasteiger charge is -2.26. The summed E-state index contributed by atoms with van der Waals surface area (Å²) >= 11 is 12.5. The summed E-state index contributed by atoms with van der Waals surface area (Å²) in [5, 5.41) is 11.9. The lowest BCUT2D eigenvalue weighted by atomic mass is 10.1. The van der Waals surface area contributed by atoms with Gasteiger partial charge in [-0.05, 0) is 72.7 Å². The smallest absolute Gasteiger partial charge is 0.335 e. The van der Waals surface area contributed by atoms with Crippen LogP contribution in [-0.2, 0) is 16.2 Å². The number of amides is 4. The lowest BCUT2D eigenvalue weighted by molar-refractivity contribution is -0.122. The molecule has 2 N–H and O–H groups in total. The standard InChI is InChI=1S/C27H20Cl2N2O7/c1-2-37-22-13-16(12-21(29)23(22)38-14-15-4-3-5-18(28)10-15)11-20-24(32)30-27(36)31(25(20)33)19-8-6-17(7-9-19)26(34)35/h3-13H,2,14H2,1H3,(H,34,35)(H,30,32,36)/b20-11+. The van der Waals surface area contributed by atoms with E-state index in [1.807, 2.05) is 6.07 Å². The molecule has 9 nitrogen and oxygen atoms in total. The second-order valence-electron chi connectivity index (χ2n) is 7.99. The summed E-state index contributed by atoms with van der Waals surface area (Å²) in [7, 11) is 0. The van der Waals surface area contributed by atoms with Gasteiger partial charge in [0.15, 0.2) is 11.5 Å². The topological polar surface area (TPSA) is 122 Å². The SMILES string of the molecule is CCOc1cc(/C=C2\C(=O)NC(=O)N(c3ccc(C(=O)O)cc3)C2=O)cc(Cl)c1OCc1cccc(Cl)c1. The number of rotatable bonds is 8. The number of barbiturate groups is 1. The highest BCUT2D eigenvalue weighted by atomic mass is 35.5. The Morgan fingerprint density at radius 1 is 1.03 bits per heavy atom. The maximum Gasteiger partial charge on any atom is 0.335 e. The van der Waals surface area contributed by atoms with Gasteiger partial charge in [-0.15, -0.1) is 0 Å². The minimum atomic E-state index is -1.16. The van der Waals surface area contributed by atoms with Crippen LogP contribution in [0.25, 0.3) is 6.08 Å². The number of aromatic carboxylic acids is 1. The van der Waals surface area contributed by atoms with Gasteiger partial charge in [-0.2, -0.15) is 0 Å². The Balaban J connectivity index is 1.65. The zero-order valence-electron chi connectivity index (χ0n) is 19.9. The first kappa shape index (κ1) is 26.7. The van der Waals surface area contributed by atoms with Gasteiger partial charge in [0.1, 0.15) is 12.2 Å². The van der Waals surface area contributed by atoms with E-state index in [0.29, 0.717) is 10.6 Å². The summed E-state index contributed by atoms with van der Waals surface area (Å²) in [4.78, 5) is 50.0. The van der Waals surface area contributed by atoms with Gasteiger partial charge in [-0.3, -0.25) is 14.9 Å². The summed E-state index contributed by atoms with van der Waals surface area (Å²) in [6.45, 7) is 2.23. The molecule has 0 atom stereocenters. The van der Waals surface area contributed by atoms with Gasteiger partial charge >= 0.3 is 12.0 Å². The Kier molecular flexibility index (Phi) is 7.99. The van der Waals surface area contributed by atoms with Crippen molar-refractivity contribution in [2.45, 2.75) is 13.5 Å². The van der Waals surface area contributed by atoms with Crippen LogP contribution in [0.1, 0.15) is 28.4 Å². The Labute approximate surface area is 227 Å². The molecule has 0 aliphatic carbocycles. The average Bonchev–Trinajstić information content (AvgIpc) is 2.86. The van der Waals surface area contributed by atoms with E-state index < -0.39 is 23.8 Å². The van der Waals surface area contributed by atoms with Crippen molar-refractivity contribution in [3.8, 4) is 11.5 Å². The van der Waals surface area contributed by atoms with E-state index in [4.69, 9.17) is 37.8 Å². The maximum atomic E-state index is 13.2. The second-order valence-corrected chi connectivity index (χ2v) is 8.84. The fraction of sp³-hybridized carbons (Fsp3) is 0.111. The summed E-state index contributed by atoms with van der Waals surface area (Å²) in [5.74, 6) is -2.39. The third kappa shape index (κ3) is 5.80. The Morgan fingerprint density at radius 3 is 2.42 bits per heavy atom. The summed E-state index contributed by atoms with van der Waals surface area (Å²) < 4.78 is 11.6. The predicted molar refractivity (Wildman–Crippen MR) is 141 cm³/mol. The molecule has 194 valence electrons. The highest BCUT2D eigenvalue weighted by Crippen LogP contribution is 2.38. The van der Waals surface area contributed by atoms with Crippen molar-refractivity contribution < 1.29 is 33.8 Å². The van der Waals surface area contributed by atoms with E-state index in [-0.39, 0.29) is 46.6 Å². The van der Waals surface area contributed by atoms with Crippen molar-refractivity contribution in [3.05, 3.63) is 93.0 Å². The molecule has 0 radical (unpaired) electrons. The molecule has 11 heteroatoms. The number of hydrogen-bond acceptors (Lipinski definition) is 6. The number of carboxylic acids is 1. The minimum absolute atomic E-state index is 0.0266. The lowest BCUT2D eigenvalue weighted by Crippen LogP contribution is -2.54. The number of urea groups is 1. The molecule has 0 saturated carbocycles. The number of carboxylic acid groups (broad SMARTS) is 1. The van der Waals surface area contributed by atoms with Crippen molar-refractivity contribution in [2.75, 3.05) is 11.5 Å². The number of carbonyl (C=O) groups excluding carboxylic acids is 3. The molecule has 3 aromatic rings. The largest absolute Gasteiger partial charge is 0.490 e. The number of hydrogen-bond donors (Lipinski definition) is 2. The number of nitrogens with one attached hydrogen (secondary N) is 1. The number of carbonyl (C=O) groups is 4.